The first-order valence-electron chi connectivity index (χ1n) is 10.0. The van der Waals surface area contributed by atoms with Crippen molar-refractivity contribution in [3.8, 4) is 32.4 Å². The minimum Gasteiger partial charge on any atom is -0.444 e. The summed E-state index contributed by atoms with van der Waals surface area (Å²) in [6, 6.07) is 22.1. The molecule has 2 N–H and O–H groups in total. The number of rotatable bonds is 5. The number of amides is 1. The minimum absolute atomic E-state index is 0.299. The fourth-order valence-electron chi connectivity index (χ4n) is 3.04. The van der Waals surface area contributed by atoms with Crippen molar-refractivity contribution < 1.29 is 9.53 Å². The Morgan fingerprint density at radius 2 is 1.68 bits per heavy atom. The molecule has 0 aliphatic rings. The second kappa shape index (κ2) is 8.73. The number of aromatic nitrogens is 3. The van der Waals surface area contributed by atoms with Gasteiger partial charge >= 0.3 is 6.09 Å². The molecule has 31 heavy (non-hydrogen) atoms. The van der Waals surface area contributed by atoms with Gasteiger partial charge < -0.3 is 10.1 Å². The number of benzene rings is 2. The van der Waals surface area contributed by atoms with E-state index in [2.05, 4.69) is 27.6 Å². The predicted molar refractivity (Wildman–Crippen MR) is 124 cm³/mol. The van der Waals surface area contributed by atoms with E-state index in [0.717, 1.165) is 38.1 Å². The van der Waals surface area contributed by atoms with E-state index in [9.17, 15) is 4.79 Å². The topological polar surface area (TPSA) is 79.9 Å². The number of ether oxygens (including phenoxy) is 1. The van der Waals surface area contributed by atoms with Crippen LogP contribution < -0.4 is 5.32 Å². The summed E-state index contributed by atoms with van der Waals surface area (Å²) in [5.41, 5.74) is 4.03. The van der Waals surface area contributed by atoms with Crippen LogP contribution in [0.2, 0.25) is 0 Å². The van der Waals surface area contributed by atoms with Gasteiger partial charge in [-0.15, -0.1) is 11.3 Å². The number of H-pyrrole nitrogens is 1. The van der Waals surface area contributed by atoms with Crippen molar-refractivity contribution in [3.63, 3.8) is 0 Å². The van der Waals surface area contributed by atoms with Crippen LogP contribution in [-0.2, 0) is 11.3 Å². The Labute approximate surface area is 185 Å². The summed E-state index contributed by atoms with van der Waals surface area (Å²) < 4.78 is 5.29. The molecule has 1 amide bonds. The number of hydrogen-bond acceptors (Lipinski definition) is 5. The number of thiazole rings is 1. The molecule has 0 saturated heterocycles. The van der Waals surface area contributed by atoms with E-state index in [4.69, 9.17) is 9.72 Å². The maximum Gasteiger partial charge on any atom is 0.407 e. The van der Waals surface area contributed by atoms with Crippen molar-refractivity contribution in [2.45, 2.75) is 32.9 Å². The monoisotopic (exact) mass is 432 g/mol. The lowest BCUT2D eigenvalue weighted by Crippen LogP contribution is -2.32. The summed E-state index contributed by atoms with van der Waals surface area (Å²) >= 11 is 1.60. The molecule has 6 nitrogen and oxygen atoms in total. The summed E-state index contributed by atoms with van der Waals surface area (Å²) in [6.07, 6.45) is -0.460. The Balaban J connectivity index is 1.62. The number of nitrogens with one attached hydrogen (secondary N) is 2. The Morgan fingerprint density at radius 1 is 1.03 bits per heavy atom. The molecule has 2 aromatic carbocycles. The molecule has 0 radical (unpaired) electrons. The van der Waals surface area contributed by atoms with Gasteiger partial charge in [0.05, 0.1) is 22.8 Å². The Kier molecular flexibility index (Phi) is 5.86. The van der Waals surface area contributed by atoms with E-state index in [-0.39, 0.29) is 0 Å². The standard InChI is InChI=1S/C24H24N4O2S/c1-24(2,3)30-23(29)25-15-18-14-19(28-27-18)21-20(16-10-6-4-7-11-16)26-22(31-21)17-12-8-5-9-13-17/h4-14H,15H2,1-3H3,(H,25,29)(H,27,28). The number of carbonyl (C=O) groups is 1. The van der Waals surface area contributed by atoms with Crippen LogP contribution in [0.1, 0.15) is 26.5 Å². The molecule has 0 bridgehead atoms. The van der Waals surface area contributed by atoms with Crippen LogP contribution in [0.15, 0.2) is 66.7 Å². The molecule has 0 aliphatic carbocycles. The maximum atomic E-state index is 11.9. The highest BCUT2D eigenvalue weighted by atomic mass is 32.1. The predicted octanol–water partition coefficient (Wildman–Crippen LogP) is 5.89. The highest BCUT2D eigenvalue weighted by Crippen LogP contribution is 2.39. The average molecular weight is 433 g/mol. The lowest BCUT2D eigenvalue weighted by Gasteiger charge is -2.19. The molecule has 0 spiro atoms. The smallest absolute Gasteiger partial charge is 0.407 e. The maximum absolute atomic E-state index is 11.9. The number of hydrogen-bond donors (Lipinski definition) is 2. The van der Waals surface area contributed by atoms with Gasteiger partial charge in [0.2, 0.25) is 0 Å². The van der Waals surface area contributed by atoms with Crippen molar-refractivity contribution >= 4 is 17.4 Å². The van der Waals surface area contributed by atoms with Crippen LogP contribution in [0.3, 0.4) is 0 Å². The Hall–Kier alpha value is -3.45. The van der Waals surface area contributed by atoms with Crippen molar-refractivity contribution in [1.29, 1.82) is 0 Å². The van der Waals surface area contributed by atoms with Gasteiger partial charge in [-0.1, -0.05) is 60.7 Å². The molecule has 0 unspecified atom stereocenters. The van der Waals surface area contributed by atoms with Crippen LogP contribution in [-0.4, -0.2) is 26.9 Å². The second-order valence-electron chi connectivity index (χ2n) is 8.06. The molecule has 4 aromatic rings. The van der Waals surface area contributed by atoms with E-state index in [1.54, 1.807) is 11.3 Å². The van der Waals surface area contributed by atoms with Gasteiger partial charge in [-0.25, -0.2) is 9.78 Å². The van der Waals surface area contributed by atoms with E-state index in [1.807, 2.05) is 75.4 Å². The lowest BCUT2D eigenvalue weighted by molar-refractivity contribution is 0.0523. The van der Waals surface area contributed by atoms with Crippen molar-refractivity contribution in [2.24, 2.45) is 0 Å². The third-order valence-electron chi connectivity index (χ3n) is 4.38. The zero-order valence-corrected chi connectivity index (χ0v) is 18.5. The summed E-state index contributed by atoms with van der Waals surface area (Å²) in [7, 11) is 0. The largest absolute Gasteiger partial charge is 0.444 e. The van der Waals surface area contributed by atoms with E-state index >= 15 is 0 Å². The van der Waals surface area contributed by atoms with Gasteiger partial charge in [-0.2, -0.15) is 5.10 Å². The Bertz CT molecular complexity index is 1160. The van der Waals surface area contributed by atoms with E-state index in [1.165, 1.54) is 0 Å². The molecule has 0 atom stereocenters. The minimum atomic E-state index is -0.537. The third-order valence-corrected chi connectivity index (χ3v) is 5.51. The van der Waals surface area contributed by atoms with Crippen molar-refractivity contribution in [2.75, 3.05) is 0 Å². The second-order valence-corrected chi connectivity index (χ2v) is 9.06. The first kappa shape index (κ1) is 20.8. The molecule has 7 heteroatoms. The number of alkyl carbamates (subject to hydrolysis) is 1. The van der Waals surface area contributed by atoms with E-state index in [0.29, 0.717) is 6.54 Å². The van der Waals surface area contributed by atoms with Crippen LogP contribution in [0.4, 0.5) is 4.79 Å². The molecule has 0 saturated carbocycles. The van der Waals surface area contributed by atoms with Crippen molar-refractivity contribution in [3.05, 3.63) is 72.4 Å². The molecule has 2 aromatic heterocycles. The van der Waals surface area contributed by atoms with Crippen LogP contribution in [0.25, 0.3) is 32.4 Å². The summed E-state index contributed by atoms with van der Waals surface area (Å²) in [5.74, 6) is 0. The Morgan fingerprint density at radius 3 is 2.32 bits per heavy atom. The molecule has 158 valence electrons. The number of carbonyl (C=O) groups excluding carboxylic acids is 1. The number of nitrogens with zero attached hydrogens (tertiary/aromatic N) is 2. The first-order valence-corrected chi connectivity index (χ1v) is 10.8. The van der Waals surface area contributed by atoms with Gasteiger partial charge in [0, 0.05) is 11.1 Å². The lowest BCUT2D eigenvalue weighted by atomic mass is 10.1. The quantitative estimate of drug-likeness (QED) is 0.412. The highest BCUT2D eigenvalue weighted by molar-refractivity contribution is 7.18. The molecule has 2 heterocycles. The zero-order valence-electron chi connectivity index (χ0n) is 17.7. The van der Waals surface area contributed by atoms with Crippen molar-refractivity contribution in [1.82, 2.24) is 20.5 Å². The highest BCUT2D eigenvalue weighted by Gasteiger charge is 2.19. The van der Waals surface area contributed by atoms with Gasteiger partial charge in [-0.3, -0.25) is 5.10 Å². The van der Waals surface area contributed by atoms with Gasteiger partial charge in [0.1, 0.15) is 16.3 Å². The summed E-state index contributed by atoms with van der Waals surface area (Å²) in [4.78, 5) is 17.8. The fourth-order valence-corrected chi connectivity index (χ4v) is 4.09. The third kappa shape index (κ3) is 5.19. The van der Waals surface area contributed by atoms with Gasteiger partial charge in [-0.05, 0) is 26.8 Å². The molecular weight excluding hydrogens is 408 g/mol. The molecule has 0 fully saturated rings. The SMILES string of the molecule is CC(C)(C)OC(=O)NCc1cc(-c2sc(-c3ccccc3)nc2-c2ccccc2)n[nH]1. The van der Waals surface area contributed by atoms with Gasteiger partial charge in [0.25, 0.3) is 0 Å². The first-order chi connectivity index (χ1) is 14.9. The molecule has 0 aliphatic heterocycles. The van der Waals surface area contributed by atoms with Crippen LogP contribution >= 0.6 is 11.3 Å². The molecular formula is C24H24N4O2S. The van der Waals surface area contributed by atoms with Crippen LogP contribution in [0.5, 0.6) is 0 Å². The zero-order chi connectivity index (χ0) is 21.8. The average Bonchev–Trinajstić information content (AvgIpc) is 3.39. The summed E-state index contributed by atoms with van der Waals surface area (Å²) in [5, 5.41) is 11.2. The normalized spacial score (nSPS) is 11.3. The van der Waals surface area contributed by atoms with E-state index < -0.39 is 11.7 Å². The summed E-state index contributed by atoms with van der Waals surface area (Å²) in [6.45, 7) is 5.80. The number of aromatic amines is 1. The molecule has 4 rings (SSSR count). The fraction of sp³-hybridized carbons (Fsp3) is 0.208. The van der Waals surface area contributed by atoms with Crippen LogP contribution in [0, 0.1) is 0 Å². The van der Waals surface area contributed by atoms with Gasteiger partial charge in [0.15, 0.2) is 0 Å².